The van der Waals surface area contributed by atoms with E-state index in [1.165, 1.54) is 5.56 Å². The molecule has 0 aliphatic rings. The van der Waals surface area contributed by atoms with Crippen molar-refractivity contribution in [1.29, 1.82) is 0 Å². The molecule has 1 unspecified atom stereocenters. The molecule has 1 N–H and O–H groups in total. The van der Waals surface area contributed by atoms with Gasteiger partial charge in [0.25, 0.3) is 0 Å². The van der Waals surface area contributed by atoms with Gasteiger partial charge in [-0.25, -0.2) is 0 Å². The quantitative estimate of drug-likeness (QED) is 0.671. The standard InChI is InChI=1S/C12H21NO2/c1-3-14-8-5-4-7-13-11(2)12-6-9-15-10-12/h6,9-11,13H,3-5,7-8H2,1-2H3. The predicted octanol–water partition coefficient (Wildman–Crippen LogP) is 2.75. The van der Waals surface area contributed by atoms with E-state index in [2.05, 4.69) is 12.2 Å². The molecule has 1 aromatic rings. The molecular formula is C12H21NO2. The van der Waals surface area contributed by atoms with E-state index in [-0.39, 0.29) is 0 Å². The van der Waals surface area contributed by atoms with E-state index in [0.29, 0.717) is 6.04 Å². The Morgan fingerprint density at radius 1 is 1.47 bits per heavy atom. The topological polar surface area (TPSA) is 34.4 Å². The molecule has 86 valence electrons. The second-order valence-corrected chi connectivity index (χ2v) is 3.64. The van der Waals surface area contributed by atoms with E-state index in [1.807, 2.05) is 13.0 Å². The summed E-state index contributed by atoms with van der Waals surface area (Å²) in [7, 11) is 0. The van der Waals surface area contributed by atoms with Crippen LogP contribution in [0, 0.1) is 0 Å². The largest absolute Gasteiger partial charge is 0.472 e. The van der Waals surface area contributed by atoms with E-state index in [1.54, 1.807) is 12.5 Å². The minimum Gasteiger partial charge on any atom is -0.472 e. The summed E-state index contributed by atoms with van der Waals surface area (Å²) >= 11 is 0. The van der Waals surface area contributed by atoms with Gasteiger partial charge in [0.1, 0.15) is 0 Å². The van der Waals surface area contributed by atoms with Crippen LogP contribution in [-0.4, -0.2) is 19.8 Å². The van der Waals surface area contributed by atoms with Gasteiger partial charge in [-0.15, -0.1) is 0 Å². The third-order valence-electron chi connectivity index (χ3n) is 2.41. The molecule has 0 saturated heterocycles. The van der Waals surface area contributed by atoms with Gasteiger partial charge in [-0.3, -0.25) is 0 Å². The average Bonchev–Trinajstić information content (AvgIpc) is 2.76. The summed E-state index contributed by atoms with van der Waals surface area (Å²) in [5.41, 5.74) is 1.21. The Labute approximate surface area is 91.8 Å². The molecule has 0 spiro atoms. The first-order valence-corrected chi connectivity index (χ1v) is 5.67. The van der Waals surface area contributed by atoms with Gasteiger partial charge in [-0.05, 0) is 39.3 Å². The van der Waals surface area contributed by atoms with Crippen LogP contribution in [0.4, 0.5) is 0 Å². The molecule has 0 bridgehead atoms. The van der Waals surface area contributed by atoms with Crippen LogP contribution >= 0.6 is 0 Å². The van der Waals surface area contributed by atoms with Gasteiger partial charge in [-0.1, -0.05) is 0 Å². The Morgan fingerprint density at radius 3 is 3.00 bits per heavy atom. The summed E-state index contributed by atoms with van der Waals surface area (Å²) < 4.78 is 10.3. The normalized spacial score (nSPS) is 12.9. The van der Waals surface area contributed by atoms with Crippen LogP contribution < -0.4 is 5.32 Å². The second-order valence-electron chi connectivity index (χ2n) is 3.64. The molecule has 1 heterocycles. The first-order valence-electron chi connectivity index (χ1n) is 5.67. The number of hydrogen-bond acceptors (Lipinski definition) is 3. The summed E-state index contributed by atoms with van der Waals surface area (Å²) in [5, 5.41) is 3.45. The Balaban J connectivity index is 2.00. The predicted molar refractivity (Wildman–Crippen MR) is 60.9 cm³/mol. The fourth-order valence-corrected chi connectivity index (χ4v) is 1.43. The number of ether oxygens (including phenoxy) is 1. The van der Waals surface area contributed by atoms with E-state index in [9.17, 15) is 0 Å². The molecule has 0 fully saturated rings. The molecule has 0 saturated carbocycles. The van der Waals surface area contributed by atoms with Crippen molar-refractivity contribution in [2.75, 3.05) is 19.8 Å². The lowest BCUT2D eigenvalue weighted by Gasteiger charge is -2.11. The van der Waals surface area contributed by atoms with Gasteiger partial charge in [0, 0.05) is 24.8 Å². The third kappa shape index (κ3) is 5.00. The van der Waals surface area contributed by atoms with Crippen molar-refractivity contribution in [2.45, 2.75) is 32.7 Å². The van der Waals surface area contributed by atoms with Gasteiger partial charge < -0.3 is 14.5 Å². The summed E-state index contributed by atoms with van der Waals surface area (Å²) in [4.78, 5) is 0. The molecule has 3 nitrogen and oxygen atoms in total. The fourth-order valence-electron chi connectivity index (χ4n) is 1.43. The summed E-state index contributed by atoms with van der Waals surface area (Å²) in [5.74, 6) is 0. The average molecular weight is 211 g/mol. The zero-order valence-corrected chi connectivity index (χ0v) is 9.66. The first kappa shape index (κ1) is 12.3. The number of furan rings is 1. The van der Waals surface area contributed by atoms with E-state index in [0.717, 1.165) is 32.6 Å². The molecule has 0 aliphatic heterocycles. The molecule has 3 heteroatoms. The van der Waals surface area contributed by atoms with E-state index in [4.69, 9.17) is 9.15 Å². The van der Waals surface area contributed by atoms with Crippen LogP contribution in [-0.2, 0) is 4.74 Å². The Bertz CT molecular complexity index is 234. The zero-order chi connectivity index (χ0) is 10.9. The van der Waals surface area contributed by atoms with Gasteiger partial charge >= 0.3 is 0 Å². The lowest BCUT2D eigenvalue weighted by atomic mass is 10.2. The summed E-state index contributed by atoms with van der Waals surface area (Å²) in [6.07, 6.45) is 5.78. The summed E-state index contributed by atoms with van der Waals surface area (Å²) in [6.45, 7) is 6.89. The van der Waals surface area contributed by atoms with Crippen molar-refractivity contribution in [2.24, 2.45) is 0 Å². The Morgan fingerprint density at radius 2 is 2.33 bits per heavy atom. The number of hydrogen-bond donors (Lipinski definition) is 1. The van der Waals surface area contributed by atoms with Crippen LogP contribution in [0.15, 0.2) is 23.0 Å². The minimum atomic E-state index is 0.371. The van der Waals surface area contributed by atoms with Crippen LogP contribution in [0.1, 0.15) is 38.3 Å². The summed E-state index contributed by atoms with van der Waals surface area (Å²) in [6, 6.07) is 2.37. The van der Waals surface area contributed by atoms with Gasteiger partial charge in [0.2, 0.25) is 0 Å². The monoisotopic (exact) mass is 211 g/mol. The highest BCUT2D eigenvalue weighted by Gasteiger charge is 2.04. The zero-order valence-electron chi connectivity index (χ0n) is 9.66. The number of nitrogens with one attached hydrogen (secondary N) is 1. The Hall–Kier alpha value is -0.800. The molecule has 1 atom stereocenters. The van der Waals surface area contributed by atoms with Crippen molar-refractivity contribution < 1.29 is 9.15 Å². The van der Waals surface area contributed by atoms with Gasteiger partial charge in [0.15, 0.2) is 0 Å². The SMILES string of the molecule is CCOCCCCNC(C)c1ccoc1. The first-order chi connectivity index (χ1) is 7.34. The van der Waals surface area contributed by atoms with Crippen LogP contribution in [0.2, 0.25) is 0 Å². The fraction of sp³-hybridized carbons (Fsp3) is 0.667. The molecule has 1 aromatic heterocycles. The molecule has 0 aromatic carbocycles. The van der Waals surface area contributed by atoms with E-state index >= 15 is 0 Å². The van der Waals surface area contributed by atoms with Crippen molar-refractivity contribution in [3.05, 3.63) is 24.2 Å². The highest BCUT2D eigenvalue weighted by Crippen LogP contribution is 2.11. The maximum atomic E-state index is 5.27. The number of unbranched alkanes of at least 4 members (excludes halogenated alkanes) is 1. The van der Waals surface area contributed by atoms with Crippen molar-refractivity contribution in [1.82, 2.24) is 5.32 Å². The van der Waals surface area contributed by atoms with Gasteiger partial charge in [-0.2, -0.15) is 0 Å². The van der Waals surface area contributed by atoms with Crippen LogP contribution in [0.5, 0.6) is 0 Å². The Kier molecular flexibility index (Phi) is 6.12. The molecule has 0 aliphatic carbocycles. The maximum absolute atomic E-state index is 5.27. The highest BCUT2D eigenvalue weighted by atomic mass is 16.5. The molecular weight excluding hydrogens is 190 g/mol. The van der Waals surface area contributed by atoms with Gasteiger partial charge in [0.05, 0.1) is 12.5 Å². The van der Waals surface area contributed by atoms with Crippen molar-refractivity contribution in [3.8, 4) is 0 Å². The van der Waals surface area contributed by atoms with Crippen LogP contribution in [0.3, 0.4) is 0 Å². The lowest BCUT2D eigenvalue weighted by Crippen LogP contribution is -2.19. The second kappa shape index (κ2) is 7.49. The molecule has 15 heavy (non-hydrogen) atoms. The van der Waals surface area contributed by atoms with Crippen LogP contribution in [0.25, 0.3) is 0 Å². The lowest BCUT2D eigenvalue weighted by molar-refractivity contribution is 0.143. The third-order valence-corrected chi connectivity index (χ3v) is 2.41. The molecule has 0 amide bonds. The number of rotatable bonds is 8. The molecule has 1 rings (SSSR count). The highest BCUT2D eigenvalue weighted by molar-refractivity contribution is 5.09. The maximum Gasteiger partial charge on any atom is 0.0950 e. The van der Waals surface area contributed by atoms with Crippen molar-refractivity contribution >= 4 is 0 Å². The van der Waals surface area contributed by atoms with Crippen molar-refractivity contribution in [3.63, 3.8) is 0 Å². The smallest absolute Gasteiger partial charge is 0.0950 e. The van der Waals surface area contributed by atoms with E-state index < -0.39 is 0 Å². The molecule has 0 radical (unpaired) electrons. The minimum absolute atomic E-state index is 0.371.